The van der Waals surface area contributed by atoms with Gasteiger partial charge in [-0.1, -0.05) is 47.5 Å². The third-order valence-corrected chi connectivity index (χ3v) is 5.24. The summed E-state index contributed by atoms with van der Waals surface area (Å²) in [7, 11) is 0. The van der Waals surface area contributed by atoms with Gasteiger partial charge in [-0.2, -0.15) is 4.99 Å². The molecule has 0 N–H and O–H groups in total. The zero-order valence-electron chi connectivity index (χ0n) is 16.2. The molecule has 28 heavy (non-hydrogen) atoms. The van der Waals surface area contributed by atoms with Gasteiger partial charge in [0.1, 0.15) is 6.17 Å². The molecule has 0 radical (unpaired) electrons. The minimum absolute atomic E-state index is 0.106. The van der Waals surface area contributed by atoms with Crippen molar-refractivity contribution in [2.24, 2.45) is 4.99 Å². The van der Waals surface area contributed by atoms with E-state index < -0.39 is 6.17 Å². The van der Waals surface area contributed by atoms with Crippen molar-refractivity contribution < 1.29 is 9.53 Å². The molecule has 0 saturated carbocycles. The molecule has 1 heterocycles. The van der Waals surface area contributed by atoms with E-state index in [0.29, 0.717) is 10.0 Å². The van der Waals surface area contributed by atoms with Gasteiger partial charge in [-0.3, -0.25) is 4.90 Å². The number of likely N-dealkylation sites (tertiary alicyclic amines) is 1. The molecule has 148 valence electrons. The second-order valence-corrected chi connectivity index (χ2v) is 8.81. The van der Waals surface area contributed by atoms with Crippen LogP contribution in [0.2, 0.25) is 10.0 Å². The fraction of sp³-hybridized carbons (Fsp3) is 0.409. The van der Waals surface area contributed by atoms with Crippen LogP contribution in [0.5, 0.6) is 0 Å². The molecule has 0 amide bonds. The van der Waals surface area contributed by atoms with Crippen LogP contribution in [0.3, 0.4) is 0 Å². The SMILES string of the molecule is CC(C)(C)O[C@@H]1CCN(C(c2ccc(Cl)cc2)c2ccc(Cl)cc2)C1N=C=O. The number of rotatable bonds is 5. The summed E-state index contributed by atoms with van der Waals surface area (Å²) in [5.41, 5.74) is 1.80. The molecule has 2 aromatic carbocycles. The molecule has 1 fully saturated rings. The number of isocyanates is 1. The minimum Gasteiger partial charge on any atom is -0.369 e. The molecule has 3 rings (SSSR count). The lowest BCUT2D eigenvalue weighted by Gasteiger charge is -2.34. The lowest BCUT2D eigenvalue weighted by Crippen LogP contribution is -2.40. The number of nitrogens with zero attached hydrogens (tertiary/aromatic N) is 2. The van der Waals surface area contributed by atoms with E-state index in [9.17, 15) is 4.79 Å². The van der Waals surface area contributed by atoms with Gasteiger partial charge in [0, 0.05) is 16.6 Å². The molecule has 0 aliphatic carbocycles. The topological polar surface area (TPSA) is 41.9 Å². The number of ether oxygens (including phenoxy) is 1. The summed E-state index contributed by atoms with van der Waals surface area (Å²) in [6.45, 7) is 6.76. The molecule has 0 bridgehead atoms. The van der Waals surface area contributed by atoms with Crippen LogP contribution in [0.1, 0.15) is 44.4 Å². The number of aliphatic imine (C=N–C) groups is 1. The number of hydrogen-bond acceptors (Lipinski definition) is 4. The Kier molecular flexibility index (Phi) is 6.59. The maximum absolute atomic E-state index is 11.2. The van der Waals surface area contributed by atoms with Crippen molar-refractivity contribution >= 4 is 29.3 Å². The average molecular weight is 419 g/mol. The molecule has 0 spiro atoms. The van der Waals surface area contributed by atoms with Gasteiger partial charge in [0.2, 0.25) is 6.08 Å². The predicted octanol–water partition coefficient (Wildman–Crippen LogP) is 5.63. The number of halogens is 2. The molecule has 2 aromatic rings. The van der Waals surface area contributed by atoms with Crippen LogP contribution >= 0.6 is 23.2 Å². The summed E-state index contributed by atoms with van der Waals surface area (Å²) in [4.78, 5) is 17.5. The van der Waals surface area contributed by atoms with Crippen LogP contribution in [0.4, 0.5) is 0 Å². The Morgan fingerprint density at radius 1 is 1.04 bits per heavy atom. The zero-order valence-corrected chi connectivity index (χ0v) is 17.7. The summed E-state index contributed by atoms with van der Waals surface area (Å²) in [6, 6.07) is 15.4. The van der Waals surface area contributed by atoms with Gasteiger partial charge >= 0.3 is 0 Å². The van der Waals surface area contributed by atoms with Crippen molar-refractivity contribution in [2.75, 3.05) is 6.54 Å². The average Bonchev–Trinajstić information content (AvgIpc) is 2.99. The monoisotopic (exact) mass is 418 g/mol. The summed E-state index contributed by atoms with van der Waals surface area (Å²) in [5, 5.41) is 1.35. The molecule has 4 nitrogen and oxygen atoms in total. The standard InChI is InChI=1S/C22H24Cl2N2O2/c1-22(2,3)28-19-12-13-26(21(19)25-14-27)20(15-4-8-17(23)9-5-15)16-6-10-18(24)11-7-16/h4-11,19-21H,12-13H2,1-3H3/t19-,21?/m1/s1. The summed E-state index contributed by atoms with van der Waals surface area (Å²) in [6.07, 6.45) is 1.94. The van der Waals surface area contributed by atoms with Crippen LogP contribution in [0.25, 0.3) is 0 Å². The van der Waals surface area contributed by atoms with Gasteiger partial charge in [-0.15, -0.1) is 0 Å². The van der Waals surface area contributed by atoms with E-state index in [1.807, 2.05) is 69.3 Å². The van der Waals surface area contributed by atoms with Crippen molar-refractivity contribution in [2.45, 2.75) is 51.1 Å². The molecular weight excluding hydrogens is 395 g/mol. The second-order valence-electron chi connectivity index (χ2n) is 7.93. The first-order valence-corrected chi connectivity index (χ1v) is 10.1. The Bertz CT molecular complexity index is 795. The van der Waals surface area contributed by atoms with Crippen LogP contribution in [0, 0.1) is 0 Å². The highest BCUT2D eigenvalue weighted by Crippen LogP contribution is 2.38. The van der Waals surface area contributed by atoms with E-state index >= 15 is 0 Å². The Hall–Kier alpha value is -1.68. The Morgan fingerprint density at radius 2 is 1.54 bits per heavy atom. The molecule has 0 aromatic heterocycles. The predicted molar refractivity (Wildman–Crippen MR) is 113 cm³/mol. The smallest absolute Gasteiger partial charge is 0.236 e. The van der Waals surface area contributed by atoms with Gasteiger partial charge in [0.05, 0.1) is 17.7 Å². The largest absolute Gasteiger partial charge is 0.369 e. The third-order valence-electron chi connectivity index (χ3n) is 4.74. The summed E-state index contributed by atoms with van der Waals surface area (Å²) < 4.78 is 6.20. The van der Waals surface area contributed by atoms with Gasteiger partial charge in [0.15, 0.2) is 0 Å². The van der Waals surface area contributed by atoms with Crippen LogP contribution < -0.4 is 0 Å². The quantitative estimate of drug-likeness (QED) is 0.466. The van der Waals surface area contributed by atoms with Crippen molar-refractivity contribution in [3.05, 3.63) is 69.7 Å². The van der Waals surface area contributed by atoms with Crippen molar-refractivity contribution in [3.8, 4) is 0 Å². The maximum Gasteiger partial charge on any atom is 0.236 e. The van der Waals surface area contributed by atoms with Crippen LogP contribution in [-0.2, 0) is 9.53 Å². The lowest BCUT2D eigenvalue weighted by atomic mass is 9.97. The normalized spacial score (nSPS) is 20.4. The van der Waals surface area contributed by atoms with E-state index in [1.54, 1.807) is 6.08 Å². The third kappa shape index (κ3) is 5.02. The highest BCUT2D eigenvalue weighted by Gasteiger charge is 2.41. The number of benzene rings is 2. The first-order chi connectivity index (χ1) is 13.3. The summed E-state index contributed by atoms with van der Waals surface area (Å²) >= 11 is 12.2. The first-order valence-electron chi connectivity index (χ1n) is 9.30. The van der Waals surface area contributed by atoms with E-state index in [2.05, 4.69) is 9.89 Å². The Balaban J connectivity index is 2.02. The van der Waals surface area contributed by atoms with E-state index in [-0.39, 0.29) is 17.7 Å². The highest BCUT2D eigenvalue weighted by molar-refractivity contribution is 6.30. The second kappa shape index (κ2) is 8.77. The Labute approximate surface area is 176 Å². The van der Waals surface area contributed by atoms with Crippen molar-refractivity contribution in [1.82, 2.24) is 4.90 Å². The number of carbonyl (C=O) groups excluding carboxylic acids is 1. The van der Waals surface area contributed by atoms with Gasteiger partial charge in [-0.05, 0) is 62.6 Å². The molecule has 2 atom stereocenters. The van der Waals surface area contributed by atoms with Gasteiger partial charge in [0.25, 0.3) is 0 Å². The van der Waals surface area contributed by atoms with E-state index in [0.717, 1.165) is 24.1 Å². The van der Waals surface area contributed by atoms with E-state index in [4.69, 9.17) is 27.9 Å². The fourth-order valence-electron chi connectivity index (χ4n) is 3.70. The lowest BCUT2D eigenvalue weighted by molar-refractivity contribution is -0.0724. The fourth-order valence-corrected chi connectivity index (χ4v) is 3.96. The van der Waals surface area contributed by atoms with Crippen LogP contribution in [-0.4, -0.2) is 35.4 Å². The summed E-state index contributed by atoms with van der Waals surface area (Å²) in [5.74, 6) is 0. The number of hydrogen-bond donors (Lipinski definition) is 0. The Morgan fingerprint density at radius 3 is 1.96 bits per heavy atom. The molecular formula is C22H24Cl2N2O2. The molecule has 1 aliphatic rings. The van der Waals surface area contributed by atoms with Gasteiger partial charge < -0.3 is 4.74 Å². The molecule has 1 unspecified atom stereocenters. The van der Waals surface area contributed by atoms with Crippen LogP contribution in [0.15, 0.2) is 53.5 Å². The van der Waals surface area contributed by atoms with E-state index in [1.165, 1.54) is 0 Å². The molecule has 1 saturated heterocycles. The first kappa shape index (κ1) is 21.0. The highest BCUT2D eigenvalue weighted by atomic mass is 35.5. The van der Waals surface area contributed by atoms with Gasteiger partial charge in [-0.25, -0.2) is 4.79 Å². The van der Waals surface area contributed by atoms with Crippen molar-refractivity contribution in [3.63, 3.8) is 0 Å². The zero-order chi connectivity index (χ0) is 20.3. The maximum atomic E-state index is 11.2. The van der Waals surface area contributed by atoms with Crippen molar-refractivity contribution in [1.29, 1.82) is 0 Å². The molecule has 1 aliphatic heterocycles. The molecule has 6 heteroatoms. The minimum atomic E-state index is -0.409.